The van der Waals surface area contributed by atoms with Crippen molar-refractivity contribution in [1.82, 2.24) is 10.3 Å². The van der Waals surface area contributed by atoms with E-state index in [1.54, 1.807) is 12.1 Å². The molecule has 2 aromatic rings. The summed E-state index contributed by atoms with van der Waals surface area (Å²) in [4.78, 5) is 4.50. The van der Waals surface area contributed by atoms with E-state index in [9.17, 15) is 4.39 Å². The Morgan fingerprint density at radius 3 is 2.96 bits per heavy atom. The number of thiazole rings is 1. The summed E-state index contributed by atoms with van der Waals surface area (Å²) in [5.41, 5.74) is 1.46. The molecule has 3 nitrogen and oxygen atoms in total. The van der Waals surface area contributed by atoms with Crippen LogP contribution in [0.4, 0.5) is 4.39 Å². The van der Waals surface area contributed by atoms with Crippen molar-refractivity contribution in [1.29, 1.82) is 0 Å². The fourth-order valence-corrected chi connectivity index (χ4v) is 4.47. The Labute approximate surface area is 166 Å². The number of halogens is 1. The maximum absolute atomic E-state index is 13.8. The maximum atomic E-state index is 13.8. The summed E-state index contributed by atoms with van der Waals surface area (Å²) in [7, 11) is 0. The molecule has 1 aromatic carbocycles. The van der Waals surface area contributed by atoms with E-state index >= 15 is 0 Å². The molecule has 1 aromatic heterocycles. The Morgan fingerprint density at radius 2 is 2.04 bits per heavy atom. The minimum atomic E-state index is -0.223. The summed E-state index contributed by atoms with van der Waals surface area (Å²) in [6.07, 6.45) is 10.5. The van der Waals surface area contributed by atoms with Gasteiger partial charge in [-0.2, -0.15) is 0 Å². The molecule has 0 saturated carbocycles. The molecule has 0 bridgehead atoms. The number of rotatable bonds is 10. The number of aromatic nitrogens is 1. The highest BCUT2D eigenvalue weighted by Gasteiger charge is 2.11. The fourth-order valence-electron chi connectivity index (χ4n) is 3.64. The van der Waals surface area contributed by atoms with Gasteiger partial charge in [-0.05, 0) is 56.8 Å². The first-order valence-corrected chi connectivity index (χ1v) is 11.2. The molecule has 1 fully saturated rings. The van der Waals surface area contributed by atoms with Crippen molar-refractivity contribution in [2.24, 2.45) is 5.92 Å². The fraction of sp³-hybridized carbons (Fsp3) is 0.591. The SMILES string of the molecule is Fc1ccccc1-c1nc(COCCCCCCC2CCCCNC2)cs1. The average molecular weight is 391 g/mol. The van der Waals surface area contributed by atoms with Gasteiger partial charge in [0, 0.05) is 17.6 Å². The highest BCUT2D eigenvalue weighted by atomic mass is 32.1. The smallest absolute Gasteiger partial charge is 0.133 e. The van der Waals surface area contributed by atoms with Crippen molar-refractivity contribution in [3.05, 3.63) is 41.2 Å². The van der Waals surface area contributed by atoms with E-state index in [2.05, 4.69) is 10.3 Å². The standard InChI is InChI=1S/C22H31FN2OS/c23-21-12-5-4-11-20(21)22-25-19(17-27-22)16-26-14-8-2-1-3-9-18-10-6-7-13-24-15-18/h4-5,11-12,17-18,24H,1-3,6-10,13-16H2. The molecule has 5 heteroatoms. The lowest BCUT2D eigenvalue weighted by Gasteiger charge is -2.13. The van der Waals surface area contributed by atoms with Gasteiger partial charge in [-0.1, -0.05) is 37.8 Å². The number of ether oxygens (including phenoxy) is 1. The molecule has 1 aliphatic rings. The van der Waals surface area contributed by atoms with Gasteiger partial charge in [0.2, 0.25) is 0 Å². The summed E-state index contributed by atoms with van der Waals surface area (Å²) in [6, 6.07) is 6.77. The monoisotopic (exact) mass is 390 g/mol. The quantitative estimate of drug-likeness (QED) is 0.520. The van der Waals surface area contributed by atoms with Gasteiger partial charge in [0.25, 0.3) is 0 Å². The first kappa shape index (κ1) is 20.4. The summed E-state index contributed by atoms with van der Waals surface area (Å²) in [5, 5.41) is 6.23. The van der Waals surface area contributed by atoms with Crippen molar-refractivity contribution in [2.45, 2.75) is 58.0 Å². The molecule has 0 spiro atoms. The van der Waals surface area contributed by atoms with E-state index < -0.39 is 0 Å². The lowest BCUT2D eigenvalue weighted by Crippen LogP contribution is -2.20. The molecule has 1 atom stereocenters. The summed E-state index contributed by atoms with van der Waals surface area (Å²) < 4.78 is 19.6. The van der Waals surface area contributed by atoms with Crippen LogP contribution in [0.15, 0.2) is 29.6 Å². The van der Waals surface area contributed by atoms with Gasteiger partial charge < -0.3 is 10.1 Å². The normalized spacial score (nSPS) is 17.7. The zero-order valence-corrected chi connectivity index (χ0v) is 16.9. The van der Waals surface area contributed by atoms with Crippen LogP contribution in [0.2, 0.25) is 0 Å². The van der Waals surface area contributed by atoms with Crippen molar-refractivity contribution >= 4 is 11.3 Å². The van der Waals surface area contributed by atoms with Crippen LogP contribution in [0.1, 0.15) is 57.1 Å². The van der Waals surface area contributed by atoms with Crippen molar-refractivity contribution < 1.29 is 9.13 Å². The van der Waals surface area contributed by atoms with Gasteiger partial charge in [-0.3, -0.25) is 0 Å². The predicted octanol–water partition coefficient (Wildman–Crippen LogP) is 5.81. The molecule has 1 N–H and O–H groups in total. The Hall–Kier alpha value is -1.30. The van der Waals surface area contributed by atoms with Crippen LogP contribution in [-0.4, -0.2) is 24.7 Å². The molecular formula is C22H31FN2OS. The molecule has 27 heavy (non-hydrogen) atoms. The van der Waals surface area contributed by atoms with Crippen molar-refractivity contribution in [3.63, 3.8) is 0 Å². The van der Waals surface area contributed by atoms with E-state index in [1.165, 1.54) is 75.4 Å². The number of hydrogen-bond donors (Lipinski definition) is 1. The first-order chi connectivity index (χ1) is 13.3. The van der Waals surface area contributed by atoms with Crippen LogP contribution >= 0.6 is 11.3 Å². The van der Waals surface area contributed by atoms with Crippen molar-refractivity contribution in [2.75, 3.05) is 19.7 Å². The second kappa shape index (κ2) is 11.5. The van der Waals surface area contributed by atoms with E-state index in [1.807, 2.05) is 11.4 Å². The minimum absolute atomic E-state index is 0.223. The van der Waals surface area contributed by atoms with Gasteiger partial charge in [0.15, 0.2) is 0 Å². The van der Waals surface area contributed by atoms with Crippen LogP contribution in [-0.2, 0) is 11.3 Å². The minimum Gasteiger partial charge on any atom is -0.375 e. The maximum Gasteiger partial charge on any atom is 0.133 e. The number of hydrogen-bond acceptors (Lipinski definition) is 4. The van der Waals surface area contributed by atoms with Gasteiger partial charge in [-0.15, -0.1) is 11.3 Å². The number of nitrogens with one attached hydrogen (secondary N) is 1. The lowest BCUT2D eigenvalue weighted by atomic mass is 9.96. The van der Waals surface area contributed by atoms with E-state index in [0.29, 0.717) is 12.2 Å². The lowest BCUT2D eigenvalue weighted by molar-refractivity contribution is 0.114. The molecule has 0 aliphatic carbocycles. The summed E-state index contributed by atoms with van der Waals surface area (Å²) in [5.74, 6) is 0.663. The number of nitrogens with zero attached hydrogens (tertiary/aromatic N) is 1. The molecule has 148 valence electrons. The molecular weight excluding hydrogens is 359 g/mol. The third-order valence-electron chi connectivity index (χ3n) is 5.21. The second-order valence-corrected chi connectivity index (χ2v) is 8.30. The molecule has 1 saturated heterocycles. The Kier molecular flexibility index (Phi) is 8.72. The average Bonchev–Trinajstić information content (AvgIpc) is 2.99. The van der Waals surface area contributed by atoms with E-state index in [4.69, 9.17) is 4.74 Å². The molecule has 0 amide bonds. The molecule has 1 unspecified atom stereocenters. The van der Waals surface area contributed by atoms with Gasteiger partial charge >= 0.3 is 0 Å². The Bertz CT molecular complexity index is 668. The number of benzene rings is 1. The zero-order chi connectivity index (χ0) is 18.7. The molecule has 3 rings (SSSR count). The van der Waals surface area contributed by atoms with Crippen LogP contribution < -0.4 is 5.32 Å². The van der Waals surface area contributed by atoms with Crippen molar-refractivity contribution in [3.8, 4) is 10.6 Å². The predicted molar refractivity (Wildman–Crippen MR) is 110 cm³/mol. The third kappa shape index (κ3) is 6.98. The van der Waals surface area contributed by atoms with E-state index in [0.717, 1.165) is 29.6 Å². The topological polar surface area (TPSA) is 34.1 Å². The summed E-state index contributed by atoms with van der Waals surface area (Å²) >= 11 is 1.47. The Morgan fingerprint density at radius 1 is 1.15 bits per heavy atom. The molecule has 2 heterocycles. The third-order valence-corrected chi connectivity index (χ3v) is 6.13. The van der Waals surface area contributed by atoms with Crippen LogP contribution in [0.5, 0.6) is 0 Å². The van der Waals surface area contributed by atoms with Crippen LogP contribution in [0.25, 0.3) is 10.6 Å². The van der Waals surface area contributed by atoms with Gasteiger partial charge in [0.1, 0.15) is 10.8 Å². The summed E-state index contributed by atoms with van der Waals surface area (Å²) in [6.45, 7) is 3.70. The largest absolute Gasteiger partial charge is 0.375 e. The highest BCUT2D eigenvalue weighted by molar-refractivity contribution is 7.13. The zero-order valence-electron chi connectivity index (χ0n) is 16.1. The van der Waals surface area contributed by atoms with Crippen LogP contribution in [0.3, 0.4) is 0 Å². The molecule has 1 aliphatic heterocycles. The highest BCUT2D eigenvalue weighted by Crippen LogP contribution is 2.26. The van der Waals surface area contributed by atoms with Gasteiger partial charge in [-0.25, -0.2) is 9.37 Å². The number of unbranched alkanes of at least 4 members (excludes halogenated alkanes) is 3. The Balaban J connectivity index is 1.25. The first-order valence-electron chi connectivity index (χ1n) is 10.3. The van der Waals surface area contributed by atoms with Gasteiger partial charge in [0.05, 0.1) is 12.3 Å². The van der Waals surface area contributed by atoms with Crippen LogP contribution in [0, 0.1) is 11.7 Å². The molecule has 0 radical (unpaired) electrons. The second-order valence-electron chi connectivity index (χ2n) is 7.45. The van der Waals surface area contributed by atoms with E-state index in [-0.39, 0.29) is 5.82 Å².